The van der Waals surface area contributed by atoms with Gasteiger partial charge in [-0.15, -0.1) is 0 Å². The summed E-state index contributed by atoms with van der Waals surface area (Å²) in [7, 11) is 0. The molecule has 3 amide bonds. The number of para-hydroxylation sites is 1. The standard InChI is InChI=1S/C17H24FN3O3/c18-14-7-1-2-8-15(14)24-11-5-9-16(22)21-10-4-3-6-13(21)12-20-17(19)23/h1-2,7-8,13H,3-6,9-12H2,(H3,19,20,23)/t13-/m0/s1. The molecule has 24 heavy (non-hydrogen) atoms. The number of hydrogen-bond acceptors (Lipinski definition) is 3. The summed E-state index contributed by atoms with van der Waals surface area (Å²) in [6.07, 6.45) is 3.70. The summed E-state index contributed by atoms with van der Waals surface area (Å²) in [6, 6.07) is 5.62. The largest absolute Gasteiger partial charge is 0.491 e. The Kier molecular flexibility index (Phi) is 6.84. The molecule has 7 heteroatoms. The summed E-state index contributed by atoms with van der Waals surface area (Å²) >= 11 is 0. The number of rotatable bonds is 7. The van der Waals surface area contributed by atoms with Crippen LogP contribution in [0.5, 0.6) is 5.75 Å². The molecular weight excluding hydrogens is 313 g/mol. The number of nitrogens with zero attached hydrogens (tertiary/aromatic N) is 1. The molecule has 0 radical (unpaired) electrons. The van der Waals surface area contributed by atoms with Crippen LogP contribution in [0, 0.1) is 5.82 Å². The van der Waals surface area contributed by atoms with E-state index in [2.05, 4.69) is 5.32 Å². The number of nitrogens with two attached hydrogens (primary N) is 1. The van der Waals surface area contributed by atoms with Crippen LogP contribution in [-0.2, 0) is 4.79 Å². The first-order valence-corrected chi connectivity index (χ1v) is 8.28. The van der Waals surface area contributed by atoms with Gasteiger partial charge in [-0.3, -0.25) is 4.79 Å². The summed E-state index contributed by atoms with van der Waals surface area (Å²) in [5.41, 5.74) is 5.10. The monoisotopic (exact) mass is 337 g/mol. The zero-order valence-electron chi connectivity index (χ0n) is 13.7. The van der Waals surface area contributed by atoms with Gasteiger partial charge >= 0.3 is 6.03 Å². The van der Waals surface area contributed by atoms with Crippen LogP contribution in [0.15, 0.2) is 24.3 Å². The number of piperidine rings is 1. The van der Waals surface area contributed by atoms with Crippen LogP contribution in [-0.4, -0.2) is 42.6 Å². The molecule has 1 aliphatic rings. The summed E-state index contributed by atoms with van der Waals surface area (Å²) in [6.45, 7) is 1.36. The molecule has 1 heterocycles. The third-order valence-corrected chi connectivity index (χ3v) is 4.09. The predicted octanol–water partition coefficient (Wildman–Crippen LogP) is 2.03. The molecule has 1 atom stereocenters. The van der Waals surface area contributed by atoms with Gasteiger partial charge in [-0.05, 0) is 37.8 Å². The lowest BCUT2D eigenvalue weighted by Gasteiger charge is -2.36. The second-order valence-electron chi connectivity index (χ2n) is 5.86. The Morgan fingerprint density at radius 2 is 2.12 bits per heavy atom. The van der Waals surface area contributed by atoms with Crippen molar-refractivity contribution in [3.05, 3.63) is 30.1 Å². The molecule has 2 rings (SSSR count). The van der Waals surface area contributed by atoms with Crippen molar-refractivity contribution in [2.75, 3.05) is 19.7 Å². The third-order valence-electron chi connectivity index (χ3n) is 4.09. The summed E-state index contributed by atoms with van der Waals surface area (Å²) in [5.74, 6) is -0.174. The van der Waals surface area contributed by atoms with Crippen molar-refractivity contribution < 1.29 is 18.7 Å². The van der Waals surface area contributed by atoms with Gasteiger partial charge in [-0.2, -0.15) is 0 Å². The third kappa shape index (κ3) is 5.40. The first-order chi connectivity index (χ1) is 11.6. The predicted molar refractivity (Wildman–Crippen MR) is 88.1 cm³/mol. The number of primary amides is 1. The molecule has 0 bridgehead atoms. The molecule has 132 valence electrons. The second-order valence-corrected chi connectivity index (χ2v) is 5.86. The lowest BCUT2D eigenvalue weighted by Crippen LogP contribution is -2.50. The fourth-order valence-electron chi connectivity index (χ4n) is 2.87. The van der Waals surface area contributed by atoms with E-state index in [9.17, 15) is 14.0 Å². The van der Waals surface area contributed by atoms with Gasteiger partial charge in [-0.25, -0.2) is 9.18 Å². The number of hydrogen-bond donors (Lipinski definition) is 2. The SMILES string of the molecule is NC(=O)NC[C@@H]1CCCCN1C(=O)CCCOc1ccccc1F. The van der Waals surface area contributed by atoms with Gasteiger partial charge in [0.05, 0.1) is 6.61 Å². The highest BCUT2D eigenvalue weighted by Crippen LogP contribution is 2.19. The Balaban J connectivity index is 1.75. The van der Waals surface area contributed by atoms with Crippen LogP contribution >= 0.6 is 0 Å². The zero-order chi connectivity index (χ0) is 17.4. The number of urea groups is 1. The normalized spacial score (nSPS) is 17.4. The van der Waals surface area contributed by atoms with Crippen molar-refractivity contribution in [2.45, 2.75) is 38.1 Å². The van der Waals surface area contributed by atoms with Gasteiger partial charge in [0.25, 0.3) is 0 Å². The molecule has 0 spiro atoms. The first kappa shape index (κ1) is 18.0. The van der Waals surface area contributed by atoms with Crippen LogP contribution in [0.4, 0.5) is 9.18 Å². The fourth-order valence-corrected chi connectivity index (χ4v) is 2.87. The lowest BCUT2D eigenvalue weighted by molar-refractivity contribution is -0.135. The smallest absolute Gasteiger partial charge is 0.312 e. The van der Waals surface area contributed by atoms with Crippen LogP contribution in [0.3, 0.4) is 0 Å². The maximum Gasteiger partial charge on any atom is 0.312 e. The van der Waals surface area contributed by atoms with Gasteiger partial charge in [-0.1, -0.05) is 12.1 Å². The van der Waals surface area contributed by atoms with E-state index in [1.807, 2.05) is 4.90 Å². The van der Waals surface area contributed by atoms with E-state index >= 15 is 0 Å². The van der Waals surface area contributed by atoms with Crippen molar-refractivity contribution in [3.63, 3.8) is 0 Å². The van der Waals surface area contributed by atoms with E-state index in [0.717, 1.165) is 19.3 Å². The number of carbonyl (C=O) groups excluding carboxylic acids is 2. The first-order valence-electron chi connectivity index (χ1n) is 8.28. The maximum atomic E-state index is 13.4. The van der Waals surface area contributed by atoms with Crippen molar-refractivity contribution in [2.24, 2.45) is 5.73 Å². The minimum Gasteiger partial charge on any atom is -0.491 e. The van der Waals surface area contributed by atoms with Crippen molar-refractivity contribution in [1.82, 2.24) is 10.2 Å². The van der Waals surface area contributed by atoms with Gasteiger partial charge in [0.2, 0.25) is 5.91 Å². The van der Waals surface area contributed by atoms with E-state index in [1.165, 1.54) is 6.07 Å². The Bertz CT molecular complexity index is 568. The van der Waals surface area contributed by atoms with Crippen LogP contribution in [0.25, 0.3) is 0 Å². The second kappa shape index (κ2) is 9.10. The average molecular weight is 337 g/mol. The van der Waals surface area contributed by atoms with Crippen LogP contribution in [0.2, 0.25) is 0 Å². The Labute approximate surface area is 141 Å². The zero-order valence-corrected chi connectivity index (χ0v) is 13.7. The Hall–Kier alpha value is -2.31. The molecule has 6 nitrogen and oxygen atoms in total. The number of ether oxygens (including phenoxy) is 1. The van der Waals surface area contributed by atoms with E-state index < -0.39 is 11.8 Å². The van der Waals surface area contributed by atoms with E-state index in [0.29, 0.717) is 25.9 Å². The number of nitrogens with one attached hydrogen (secondary N) is 1. The van der Waals surface area contributed by atoms with Crippen molar-refractivity contribution >= 4 is 11.9 Å². The van der Waals surface area contributed by atoms with Gasteiger partial charge in [0.1, 0.15) is 0 Å². The summed E-state index contributed by atoms with van der Waals surface area (Å²) < 4.78 is 18.8. The van der Waals surface area contributed by atoms with E-state index in [4.69, 9.17) is 10.5 Å². The average Bonchev–Trinajstić information content (AvgIpc) is 2.58. The molecule has 1 fully saturated rings. The molecule has 1 aliphatic heterocycles. The molecule has 3 N–H and O–H groups in total. The Morgan fingerprint density at radius 1 is 1.33 bits per heavy atom. The summed E-state index contributed by atoms with van der Waals surface area (Å²) in [4.78, 5) is 25.0. The summed E-state index contributed by atoms with van der Waals surface area (Å²) in [5, 5.41) is 2.57. The van der Waals surface area contributed by atoms with Gasteiger partial charge in [0, 0.05) is 25.6 Å². The lowest BCUT2D eigenvalue weighted by atomic mass is 10.0. The number of likely N-dealkylation sites (tertiary alicyclic amines) is 1. The van der Waals surface area contributed by atoms with Crippen molar-refractivity contribution in [1.29, 1.82) is 0 Å². The fraction of sp³-hybridized carbons (Fsp3) is 0.529. The molecule has 1 aromatic carbocycles. The minimum absolute atomic E-state index is 0.00811. The van der Waals surface area contributed by atoms with E-state index in [-0.39, 0.29) is 24.3 Å². The minimum atomic E-state index is -0.578. The Morgan fingerprint density at radius 3 is 2.88 bits per heavy atom. The van der Waals surface area contributed by atoms with Gasteiger partial charge < -0.3 is 20.7 Å². The highest BCUT2D eigenvalue weighted by Gasteiger charge is 2.26. The molecule has 1 aromatic rings. The molecule has 0 unspecified atom stereocenters. The maximum absolute atomic E-state index is 13.4. The quantitative estimate of drug-likeness (QED) is 0.747. The van der Waals surface area contributed by atoms with Crippen LogP contribution in [0.1, 0.15) is 32.1 Å². The molecular formula is C17H24FN3O3. The molecule has 0 aromatic heterocycles. The number of carbonyl (C=O) groups is 2. The van der Waals surface area contributed by atoms with Crippen molar-refractivity contribution in [3.8, 4) is 5.75 Å². The van der Waals surface area contributed by atoms with Gasteiger partial charge in [0.15, 0.2) is 11.6 Å². The topological polar surface area (TPSA) is 84.7 Å². The van der Waals surface area contributed by atoms with E-state index in [1.54, 1.807) is 18.2 Å². The molecule has 0 saturated carbocycles. The number of halogens is 1. The number of benzene rings is 1. The molecule has 0 aliphatic carbocycles. The van der Waals surface area contributed by atoms with Crippen LogP contribution < -0.4 is 15.8 Å². The highest BCUT2D eigenvalue weighted by molar-refractivity contribution is 5.77. The number of amides is 3. The molecule has 1 saturated heterocycles. The highest BCUT2D eigenvalue weighted by atomic mass is 19.1.